The van der Waals surface area contributed by atoms with E-state index in [0.29, 0.717) is 35.7 Å². The summed E-state index contributed by atoms with van der Waals surface area (Å²) in [6.45, 7) is 8.17. The average Bonchev–Trinajstić information content (AvgIpc) is 2.88. The third-order valence-electron chi connectivity index (χ3n) is 4.08. The lowest BCUT2D eigenvalue weighted by molar-refractivity contribution is 0.0525. The van der Waals surface area contributed by atoms with Gasteiger partial charge in [0.2, 0.25) is 0 Å². The monoisotopic (exact) mass is 328 g/mol. The zero-order chi connectivity index (χ0) is 17.7. The Morgan fingerprint density at radius 3 is 2.50 bits per heavy atom. The van der Waals surface area contributed by atoms with E-state index in [9.17, 15) is 9.59 Å². The highest BCUT2D eigenvalue weighted by Gasteiger charge is 2.22. The molecule has 128 valence electrons. The normalized spacial score (nSPS) is 11.8. The molecule has 1 aromatic heterocycles. The van der Waals surface area contributed by atoms with Crippen molar-refractivity contribution >= 4 is 11.9 Å². The van der Waals surface area contributed by atoms with E-state index < -0.39 is 5.97 Å². The maximum Gasteiger partial charge on any atom is 0.340 e. The number of esters is 1. The van der Waals surface area contributed by atoms with Crippen LogP contribution < -0.4 is 5.32 Å². The highest BCUT2D eigenvalue weighted by Crippen LogP contribution is 2.19. The molecule has 24 heavy (non-hydrogen) atoms. The molecule has 2 rings (SSSR count). The van der Waals surface area contributed by atoms with Crippen molar-refractivity contribution in [1.82, 2.24) is 10.3 Å². The SMILES string of the molecule is CCOC(=O)c1c(C)[nH]c(C(=O)NC[C@@H](C)c2ccccc2)c1C. The topological polar surface area (TPSA) is 71.2 Å². The summed E-state index contributed by atoms with van der Waals surface area (Å²) < 4.78 is 5.05. The van der Waals surface area contributed by atoms with Crippen molar-refractivity contribution in [3.8, 4) is 0 Å². The van der Waals surface area contributed by atoms with E-state index >= 15 is 0 Å². The third-order valence-corrected chi connectivity index (χ3v) is 4.08. The first kappa shape index (κ1) is 17.8. The van der Waals surface area contributed by atoms with Gasteiger partial charge in [-0.3, -0.25) is 4.79 Å². The Kier molecular flexibility index (Phi) is 5.79. The summed E-state index contributed by atoms with van der Waals surface area (Å²) in [5.41, 5.74) is 3.29. The van der Waals surface area contributed by atoms with Gasteiger partial charge in [0.25, 0.3) is 5.91 Å². The van der Waals surface area contributed by atoms with Crippen molar-refractivity contribution in [3.63, 3.8) is 0 Å². The van der Waals surface area contributed by atoms with Crippen LogP contribution in [0.15, 0.2) is 30.3 Å². The molecular weight excluding hydrogens is 304 g/mol. The number of aromatic nitrogens is 1. The Morgan fingerprint density at radius 2 is 1.88 bits per heavy atom. The molecule has 2 aromatic rings. The fraction of sp³-hybridized carbons (Fsp3) is 0.368. The van der Waals surface area contributed by atoms with Gasteiger partial charge in [-0.2, -0.15) is 0 Å². The molecule has 0 unspecified atom stereocenters. The predicted molar refractivity (Wildman–Crippen MR) is 93.4 cm³/mol. The van der Waals surface area contributed by atoms with Gasteiger partial charge in [-0.15, -0.1) is 0 Å². The highest BCUT2D eigenvalue weighted by atomic mass is 16.5. The number of hydrogen-bond acceptors (Lipinski definition) is 3. The number of H-pyrrole nitrogens is 1. The van der Waals surface area contributed by atoms with E-state index in [1.807, 2.05) is 30.3 Å². The Labute approximate surface area is 142 Å². The van der Waals surface area contributed by atoms with Crippen LogP contribution in [0.4, 0.5) is 0 Å². The van der Waals surface area contributed by atoms with Gasteiger partial charge in [0.15, 0.2) is 0 Å². The molecule has 0 fully saturated rings. The van der Waals surface area contributed by atoms with Gasteiger partial charge in [-0.25, -0.2) is 4.79 Å². The summed E-state index contributed by atoms with van der Waals surface area (Å²) in [5, 5.41) is 2.93. The van der Waals surface area contributed by atoms with Gasteiger partial charge in [-0.05, 0) is 37.8 Å². The predicted octanol–water partition coefficient (Wildman–Crippen LogP) is 3.34. The molecule has 0 aliphatic rings. The lowest BCUT2D eigenvalue weighted by atomic mass is 10.0. The van der Waals surface area contributed by atoms with Gasteiger partial charge in [0, 0.05) is 12.2 Å². The van der Waals surface area contributed by atoms with E-state index in [2.05, 4.69) is 17.2 Å². The molecule has 2 N–H and O–H groups in total. The molecule has 0 saturated carbocycles. The summed E-state index contributed by atoms with van der Waals surface area (Å²) in [5.74, 6) is -0.412. The van der Waals surface area contributed by atoms with Crippen LogP contribution in [0, 0.1) is 13.8 Å². The molecular formula is C19H24N2O3. The summed E-state index contributed by atoms with van der Waals surface area (Å²) in [4.78, 5) is 27.5. The molecule has 0 bridgehead atoms. The van der Waals surface area contributed by atoms with Crippen LogP contribution in [0.3, 0.4) is 0 Å². The summed E-state index contributed by atoms with van der Waals surface area (Å²) in [7, 11) is 0. The lowest BCUT2D eigenvalue weighted by Gasteiger charge is -2.13. The zero-order valence-corrected chi connectivity index (χ0v) is 14.6. The van der Waals surface area contributed by atoms with Crippen molar-refractivity contribution < 1.29 is 14.3 Å². The van der Waals surface area contributed by atoms with Crippen LogP contribution >= 0.6 is 0 Å². The molecule has 0 saturated heterocycles. The number of benzene rings is 1. The summed E-state index contributed by atoms with van der Waals surface area (Å²) >= 11 is 0. The largest absolute Gasteiger partial charge is 0.462 e. The minimum absolute atomic E-state index is 0.205. The maximum atomic E-state index is 12.5. The smallest absolute Gasteiger partial charge is 0.340 e. The molecule has 1 atom stereocenters. The van der Waals surface area contributed by atoms with E-state index in [4.69, 9.17) is 4.74 Å². The Hall–Kier alpha value is -2.56. The molecule has 0 aliphatic carbocycles. The standard InChI is InChI=1S/C19H24N2O3/c1-5-24-19(23)16-13(3)17(21-14(16)4)18(22)20-11-12(2)15-9-7-6-8-10-15/h6-10,12,21H,5,11H2,1-4H3,(H,20,22)/t12-/m1/s1. The Bertz CT molecular complexity index is 720. The minimum Gasteiger partial charge on any atom is -0.462 e. The zero-order valence-electron chi connectivity index (χ0n) is 14.6. The fourth-order valence-corrected chi connectivity index (χ4v) is 2.72. The van der Waals surface area contributed by atoms with Crippen molar-refractivity contribution in [2.24, 2.45) is 0 Å². The number of amides is 1. The fourth-order valence-electron chi connectivity index (χ4n) is 2.72. The van der Waals surface area contributed by atoms with Gasteiger partial charge < -0.3 is 15.0 Å². The summed E-state index contributed by atoms with van der Waals surface area (Å²) in [6.07, 6.45) is 0. The van der Waals surface area contributed by atoms with Crippen molar-refractivity contribution in [3.05, 3.63) is 58.4 Å². The average molecular weight is 328 g/mol. The van der Waals surface area contributed by atoms with E-state index in [0.717, 1.165) is 0 Å². The minimum atomic E-state index is -0.402. The second-order valence-electron chi connectivity index (χ2n) is 5.87. The molecule has 5 heteroatoms. The van der Waals surface area contributed by atoms with Crippen molar-refractivity contribution in [2.75, 3.05) is 13.2 Å². The number of hydrogen-bond donors (Lipinski definition) is 2. The lowest BCUT2D eigenvalue weighted by Crippen LogP contribution is -2.28. The number of ether oxygens (including phenoxy) is 1. The Morgan fingerprint density at radius 1 is 1.21 bits per heavy atom. The molecule has 0 radical (unpaired) electrons. The molecule has 1 heterocycles. The van der Waals surface area contributed by atoms with Crippen LogP contribution in [0.5, 0.6) is 0 Å². The van der Waals surface area contributed by atoms with E-state index in [-0.39, 0.29) is 11.8 Å². The molecule has 0 spiro atoms. The van der Waals surface area contributed by atoms with Crippen LogP contribution in [0.2, 0.25) is 0 Å². The number of rotatable bonds is 6. The van der Waals surface area contributed by atoms with Crippen LogP contribution in [0.1, 0.15) is 57.4 Å². The molecule has 0 aliphatic heterocycles. The number of nitrogens with one attached hydrogen (secondary N) is 2. The van der Waals surface area contributed by atoms with E-state index in [1.54, 1.807) is 20.8 Å². The summed E-state index contributed by atoms with van der Waals surface area (Å²) in [6, 6.07) is 10.0. The Balaban J connectivity index is 2.08. The van der Waals surface area contributed by atoms with Gasteiger partial charge in [0.1, 0.15) is 5.69 Å². The number of aryl methyl sites for hydroxylation is 1. The van der Waals surface area contributed by atoms with Gasteiger partial charge in [0.05, 0.1) is 12.2 Å². The second-order valence-corrected chi connectivity index (χ2v) is 5.87. The van der Waals surface area contributed by atoms with Crippen molar-refractivity contribution in [1.29, 1.82) is 0 Å². The molecule has 1 amide bonds. The number of aromatic amines is 1. The van der Waals surface area contributed by atoms with Gasteiger partial charge in [-0.1, -0.05) is 37.3 Å². The quantitative estimate of drug-likeness (QED) is 0.799. The van der Waals surface area contributed by atoms with Crippen LogP contribution in [0.25, 0.3) is 0 Å². The number of carbonyl (C=O) groups is 2. The van der Waals surface area contributed by atoms with Crippen LogP contribution in [-0.2, 0) is 4.74 Å². The third kappa shape index (κ3) is 3.85. The van der Waals surface area contributed by atoms with E-state index in [1.165, 1.54) is 5.56 Å². The van der Waals surface area contributed by atoms with Gasteiger partial charge >= 0.3 is 5.97 Å². The van der Waals surface area contributed by atoms with Crippen LogP contribution in [-0.4, -0.2) is 30.0 Å². The first-order valence-corrected chi connectivity index (χ1v) is 8.15. The van der Waals surface area contributed by atoms with Crippen molar-refractivity contribution in [2.45, 2.75) is 33.6 Å². The molecule has 5 nitrogen and oxygen atoms in total. The highest BCUT2D eigenvalue weighted by molar-refractivity contribution is 6.00. The first-order valence-electron chi connectivity index (χ1n) is 8.15. The maximum absolute atomic E-state index is 12.5. The molecule has 1 aromatic carbocycles. The number of carbonyl (C=O) groups excluding carboxylic acids is 2. The first-order chi connectivity index (χ1) is 11.5. The second kappa shape index (κ2) is 7.81.